The molecule has 1 aliphatic carbocycles. The number of benzene rings is 6. The quantitative estimate of drug-likeness (QED) is 0.188. The van der Waals surface area contributed by atoms with Crippen LogP contribution in [0.1, 0.15) is 33.4 Å². The van der Waals surface area contributed by atoms with Crippen molar-refractivity contribution in [2.75, 3.05) is 10.6 Å². The molecule has 0 aromatic heterocycles. The van der Waals surface area contributed by atoms with Crippen LogP contribution >= 0.6 is 0 Å². The van der Waals surface area contributed by atoms with Crippen LogP contribution in [-0.2, 0) is 27.8 Å². The molecule has 0 atom stereocenters. The molecular weight excluding hydrogens is 552 g/mol. The van der Waals surface area contributed by atoms with E-state index in [2.05, 4.69) is 83.4 Å². The molecule has 4 heteroatoms. The van der Waals surface area contributed by atoms with Crippen LogP contribution in [0.25, 0.3) is 11.1 Å². The molecule has 1 aliphatic rings. The fourth-order valence-electron chi connectivity index (χ4n) is 6.60. The molecule has 0 bridgehead atoms. The Morgan fingerprint density at radius 1 is 0.422 bits per heavy atom. The van der Waals surface area contributed by atoms with Gasteiger partial charge in [0.15, 0.2) is 0 Å². The van der Waals surface area contributed by atoms with Crippen molar-refractivity contribution >= 4 is 23.2 Å². The lowest BCUT2D eigenvalue weighted by molar-refractivity contribution is -0.116. The Hall–Kier alpha value is -5.74. The van der Waals surface area contributed by atoms with Crippen LogP contribution in [0, 0.1) is 0 Å². The third-order valence-electron chi connectivity index (χ3n) is 8.57. The van der Waals surface area contributed by atoms with Gasteiger partial charge in [0, 0.05) is 11.4 Å². The Bertz CT molecular complexity index is 1820. The lowest BCUT2D eigenvalue weighted by Crippen LogP contribution is -2.28. The van der Waals surface area contributed by atoms with Gasteiger partial charge in [-0.2, -0.15) is 0 Å². The minimum absolute atomic E-state index is 0.0508. The number of nitrogens with one attached hydrogen (secondary N) is 2. The van der Waals surface area contributed by atoms with Gasteiger partial charge < -0.3 is 10.6 Å². The number of carbonyl (C=O) groups excluding carboxylic acids is 2. The minimum Gasteiger partial charge on any atom is -0.326 e. The monoisotopic (exact) mass is 584 g/mol. The third kappa shape index (κ3) is 5.43. The van der Waals surface area contributed by atoms with E-state index in [0.29, 0.717) is 12.8 Å². The number of carbonyl (C=O) groups is 2. The van der Waals surface area contributed by atoms with Gasteiger partial charge in [-0.1, -0.05) is 133 Å². The summed E-state index contributed by atoms with van der Waals surface area (Å²) in [6.07, 6.45) is 0.642. The molecule has 0 fully saturated rings. The second kappa shape index (κ2) is 12.1. The Kier molecular flexibility index (Phi) is 7.54. The number of hydrogen-bond acceptors (Lipinski definition) is 2. The van der Waals surface area contributed by atoms with Gasteiger partial charge in [0.05, 0.1) is 18.3 Å². The summed E-state index contributed by atoms with van der Waals surface area (Å²) in [5, 5.41) is 6.13. The Morgan fingerprint density at radius 3 is 1.18 bits per heavy atom. The van der Waals surface area contributed by atoms with E-state index in [-0.39, 0.29) is 11.8 Å². The van der Waals surface area contributed by atoms with Crippen molar-refractivity contribution in [2.45, 2.75) is 18.3 Å². The van der Waals surface area contributed by atoms with Gasteiger partial charge in [-0.15, -0.1) is 0 Å². The predicted molar refractivity (Wildman–Crippen MR) is 181 cm³/mol. The van der Waals surface area contributed by atoms with Gasteiger partial charge in [-0.05, 0) is 68.8 Å². The Balaban J connectivity index is 1.24. The number of anilines is 2. The average molecular weight is 585 g/mol. The van der Waals surface area contributed by atoms with Crippen LogP contribution < -0.4 is 10.6 Å². The van der Waals surface area contributed by atoms with E-state index in [1.54, 1.807) is 0 Å². The summed E-state index contributed by atoms with van der Waals surface area (Å²) >= 11 is 0. The number of fused-ring (bicyclic) bond motifs is 3. The molecule has 0 heterocycles. The van der Waals surface area contributed by atoms with Crippen molar-refractivity contribution in [3.05, 3.63) is 191 Å². The molecule has 45 heavy (non-hydrogen) atoms. The molecule has 0 radical (unpaired) electrons. The van der Waals surface area contributed by atoms with Crippen molar-refractivity contribution in [1.29, 1.82) is 0 Å². The lowest BCUT2D eigenvalue weighted by Gasteiger charge is -2.34. The van der Waals surface area contributed by atoms with Crippen LogP contribution in [0.2, 0.25) is 0 Å². The van der Waals surface area contributed by atoms with E-state index in [9.17, 15) is 9.59 Å². The van der Waals surface area contributed by atoms with Gasteiger partial charge in [0.1, 0.15) is 0 Å². The van der Waals surface area contributed by atoms with E-state index in [0.717, 1.165) is 33.6 Å². The summed E-state index contributed by atoms with van der Waals surface area (Å²) in [5.41, 5.74) is 9.89. The Morgan fingerprint density at radius 2 is 0.778 bits per heavy atom. The topological polar surface area (TPSA) is 58.2 Å². The average Bonchev–Trinajstić information content (AvgIpc) is 3.37. The maximum Gasteiger partial charge on any atom is 0.228 e. The predicted octanol–water partition coefficient (Wildman–Crippen LogP) is 8.41. The highest BCUT2D eigenvalue weighted by Crippen LogP contribution is 2.56. The fourth-order valence-corrected chi connectivity index (χ4v) is 6.60. The van der Waals surface area contributed by atoms with E-state index in [1.807, 2.05) is 84.9 Å². The van der Waals surface area contributed by atoms with Crippen molar-refractivity contribution in [2.24, 2.45) is 0 Å². The van der Waals surface area contributed by atoms with Crippen molar-refractivity contribution in [1.82, 2.24) is 0 Å². The van der Waals surface area contributed by atoms with E-state index < -0.39 is 5.41 Å². The zero-order chi connectivity index (χ0) is 30.6. The maximum absolute atomic E-state index is 12.8. The molecule has 2 amide bonds. The highest BCUT2D eigenvalue weighted by atomic mass is 16.2. The molecule has 2 N–H and O–H groups in total. The molecule has 0 spiro atoms. The first-order chi connectivity index (χ1) is 22.1. The molecule has 6 aromatic rings. The van der Waals surface area contributed by atoms with Crippen molar-refractivity contribution in [3.8, 4) is 11.1 Å². The summed E-state index contributed by atoms with van der Waals surface area (Å²) in [6.45, 7) is 0. The first-order valence-corrected chi connectivity index (χ1v) is 15.2. The minimum atomic E-state index is -0.577. The normalized spacial score (nSPS) is 12.5. The first-order valence-electron chi connectivity index (χ1n) is 15.2. The lowest BCUT2D eigenvalue weighted by atomic mass is 9.67. The standard InChI is InChI=1S/C41H32N2O2/c44-39(27-29-11-3-1-4-12-29)42-33-23-19-31(20-24-33)41(37-17-9-7-15-35(37)36-16-8-10-18-38(36)41)32-21-25-34(26-22-32)43-40(45)28-30-13-5-2-6-14-30/h1-26H,27-28H2,(H,42,44)(H,43,45). The van der Waals surface area contributed by atoms with Crippen LogP contribution in [0.5, 0.6) is 0 Å². The SMILES string of the molecule is O=C(Cc1ccccc1)Nc1ccc(C2(c3ccc(NC(=O)Cc4ccccc4)cc3)c3ccccc3-c3ccccc32)cc1. The van der Waals surface area contributed by atoms with Crippen LogP contribution in [0.3, 0.4) is 0 Å². The van der Waals surface area contributed by atoms with Crippen LogP contribution in [-0.4, -0.2) is 11.8 Å². The van der Waals surface area contributed by atoms with Crippen molar-refractivity contribution in [3.63, 3.8) is 0 Å². The molecule has 4 nitrogen and oxygen atoms in total. The molecular formula is C41H32N2O2. The Labute approximate surface area is 263 Å². The van der Waals surface area contributed by atoms with E-state index >= 15 is 0 Å². The smallest absolute Gasteiger partial charge is 0.228 e. The van der Waals surface area contributed by atoms with Crippen LogP contribution in [0.15, 0.2) is 158 Å². The fraction of sp³-hybridized carbons (Fsp3) is 0.0732. The molecule has 0 saturated heterocycles. The molecule has 0 unspecified atom stereocenters. The largest absolute Gasteiger partial charge is 0.326 e. The van der Waals surface area contributed by atoms with Gasteiger partial charge >= 0.3 is 0 Å². The molecule has 0 saturated carbocycles. The maximum atomic E-state index is 12.8. The number of amides is 2. The number of hydrogen-bond donors (Lipinski definition) is 2. The van der Waals surface area contributed by atoms with Gasteiger partial charge in [0.2, 0.25) is 11.8 Å². The zero-order valence-electron chi connectivity index (χ0n) is 24.7. The summed E-state index contributed by atoms with van der Waals surface area (Å²) in [5.74, 6) is -0.102. The summed E-state index contributed by atoms with van der Waals surface area (Å²) in [6, 6.07) is 53.1. The molecule has 6 aromatic carbocycles. The highest BCUT2D eigenvalue weighted by Gasteiger charge is 2.45. The summed E-state index contributed by atoms with van der Waals surface area (Å²) < 4.78 is 0. The van der Waals surface area contributed by atoms with Gasteiger partial charge in [-0.25, -0.2) is 0 Å². The molecule has 0 aliphatic heterocycles. The van der Waals surface area contributed by atoms with Crippen molar-refractivity contribution < 1.29 is 9.59 Å². The van der Waals surface area contributed by atoms with Crippen LogP contribution in [0.4, 0.5) is 11.4 Å². The number of rotatable bonds is 8. The summed E-state index contributed by atoms with van der Waals surface area (Å²) in [7, 11) is 0. The molecule has 218 valence electrons. The van der Waals surface area contributed by atoms with E-state index in [1.165, 1.54) is 22.3 Å². The van der Waals surface area contributed by atoms with Gasteiger partial charge in [0.25, 0.3) is 0 Å². The second-order valence-corrected chi connectivity index (χ2v) is 11.4. The van der Waals surface area contributed by atoms with Gasteiger partial charge in [-0.3, -0.25) is 9.59 Å². The molecule has 7 rings (SSSR count). The first kappa shape index (κ1) is 28.1. The third-order valence-corrected chi connectivity index (χ3v) is 8.57. The second-order valence-electron chi connectivity index (χ2n) is 11.4. The zero-order valence-corrected chi connectivity index (χ0v) is 24.7. The van der Waals surface area contributed by atoms with E-state index in [4.69, 9.17) is 0 Å². The summed E-state index contributed by atoms with van der Waals surface area (Å²) in [4.78, 5) is 25.6. The highest BCUT2D eigenvalue weighted by molar-refractivity contribution is 5.93.